The van der Waals surface area contributed by atoms with Crippen molar-refractivity contribution in [2.24, 2.45) is 0 Å². The van der Waals surface area contributed by atoms with E-state index in [0.29, 0.717) is 22.0 Å². The minimum Gasteiger partial charge on any atom is -0.421 e. The summed E-state index contributed by atoms with van der Waals surface area (Å²) >= 11 is 5.02. The summed E-state index contributed by atoms with van der Waals surface area (Å²) in [6.45, 7) is 0. The molecule has 5 nitrogen and oxygen atoms in total. The Morgan fingerprint density at radius 2 is 1.76 bits per heavy atom. The number of ketones is 1. The molecule has 1 aromatic heterocycles. The van der Waals surface area contributed by atoms with Gasteiger partial charge in [-0.1, -0.05) is 66.7 Å². The summed E-state index contributed by atoms with van der Waals surface area (Å²) in [4.78, 5) is 29.2. The maximum Gasteiger partial charge on any atom is 0.442 e. The Hall–Kier alpha value is -3.10. The van der Waals surface area contributed by atoms with E-state index < -0.39 is 19.2 Å². The second kappa shape index (κ2) is 13.7. The van der Waals surface area contributed by atoms with Crippen molar-refractivity contribution >= 4 is 47.1 Å². The molecule has 0 fully saturated rings. The largest absolute Gasteiger partial charge is 0.442 e. The highest BCUT2D eigenvalue weighted by Crippen LogP contribution is 2.49. The Labute approximate surface area is 250 Å². The normalized spacial score (nSPS) is 14.5. The monoisotopic (exact) mass is 657 g/mol. The summed E-state index contributed by atoms with van der Waals surface area (Å²) in [5, 5.41) is 0. The van der Waals surface area contributed by atoms with Crippen molar-refractivity contribution in [3.63, 3.8) is 0 Å². The van der Waals surface area contributed by atoms with Gasteiger partial charge in [0.15, 0.2) is 5.78 Å². The lowest BCUT2D eigenvalue weighted by molar-refractivity contribution is 0.0882. The summed E-state index contributed by atoms with van der Waals surface area (Å²) in [6, 6.07) is 25.3. The number of hydrogen-bond donors (Lipinski definition) is 1. The second-order valence-electron chi connectivity index (χ2n) is 9.30. The number of carbonyl (C=O) groups excluding carboxylic acids is 1. The molecule has 0 saturated heterocycles. The third-order valence-corrected chi connectivity index (χ3v) is 8.68. The maximum absolute atomic E-state index is 14.5. The van der Waals surface area contributed by atoms with Crippen molar-refractivity contribution in [1.82, 2.24) is 4.98 Å². The van der Waals surface area contributed by atoms with Gasteiger partial charge < -0.3 is 9.42 Å². The van der Waals surface area contributed by atoms with Gasteiger partial charge in [0.25, 0.3) is 0 Å². The third-order valence-electron chi connectivity index (χ3n) is 6.53. The first kappa shape index (κ1) is 30.8. The fourth-order valence-electron chi connectivity index (χ4n) is 4.49. The van der Waals surface area contributed by atoms with E-state index >= 15 is 0 Å². The molecular weight excluding hydrogens is 631 g/mol. The van der Waals surface area contributed by atoms with Gasteiger partial charge in [-0.3, -0.25) is 9.78 Å². The third kappa shape index (κ3) is 7.80. The van der Waals surface area contributed by atoms with Crippen LogP contribution in [-0.4, -0.2) is 28.1 Å². The summed E-state index contributed by atoms with van der Waals surface area (Å²) in [6.07, 6.45) is 6.15. The first-order valence-corrected chi connectivity index (χ1v) is 16.2. The van der Waals surface area contributed by atoms with Crippen LogP contribution >= 0.6 is 35.3 Å². The standard InChI is InChI=1S/C31H27BrF2NO4PS/c1-41-28-15-11-25(12-16-28)31(17-5-8-22-6-3-2-4-7-22,29(36)24-18-26(32)21-35-20-24)19-23-9-13-27(14-10-23)39-40(37,38)30(33)34/h2-16,18,20-21,30H,17,19H2,1H3,(H,37,38). The smallest absolute Gasteiger partial charge is 0.421 e. The first-order chi connectivity index (χ1) is 19.6. The van der Waals surface area contributed by atoms with Crippen LogP contribution < -0.4 is 4.52 Å². The minimum absolute atomic E-state index is 0.140. The van der Waals surface area contributed by atoms with E-state index in [4.69, 9.17) is 0 Å². The molecule has 0 bridgehead atoms. The Morgan fingerprint density at radius 1 is 1.07 bits per heavy atom. The number of benzene rings is 3. The highest BCUT2D eigenvalue weighted by Gasteiger charge is 2.40. The number of halogens is 3. The van der Waals surface area contributed by atoms with Gasteiger partial charge in [0, 0.05) is 27.3 Å². The summed E-state index contributed by atoms with van der Waals surface area (Å²) in [5.74, 6) is -0.305. The molecule has 4 aromatic rings. The molecule has 2 unspecified atom stereocenters. The van der Waals surface area contributed by atoms with E-state index in [1.165, 1.54) is 12.1 Å². The Balaban J connectivity index is 1.80. The number of Topliss-reactive ketones (excluding diaryl/α,β-unsaturated/α-hetero) is 1. The highest BCUT2D eigenvalue weighted by atomic mass is 79.9. The van der Waals surface area contributed by atoms with Crippen LogP contribution in [0, 0.1) is 0 Å². The molecule has 0 radical (unpaired) electrons. The zero-order valence-electron chi connectivity index (χ0n) is 22.0. The van der Waals surface area contributed by atoms with Crippen LogP contribution in [0.1, 0.15) is 33.5 Å². The zero-order valence-corrected chi connectivity index (χ0v) is 25.3. The van der Waals surface area contributed by atoms with E-state index in [0.717, 1.165) is 16.0 Å². The molecule has 212 valence electrons. The molecule has 0 aliphatic rings. The molecule has 1 heterocycles. The second-order valence-corrected chi connectivity index (χ2v) is 12.8. The van der Waals surface area contributed by atoms with Gasteiger partial charge >= 0.3 is 13.8 Å². The number of aromatic nitrogens is 1. The van der Waals surface area contributed by atoms with Crippen LogP contribution in [0.4, 0.5) is 8.78 Å². The zero-order chi connectivity index (χ0) is 29.5. The number of rotatable bonds is 12. The van der Waals surface area contributed by atoms with Crippen molar-refractivity contribution in [1.29, 1.82) is 0 Å². The first-order valence-electron chi connectivity index (χ1n) is 12.5. The number of allylic oxidation sites excluding steroid dienone is 1. The van der Waals surface area contributed by atoms with Crippen LogP contribution in [0.2, 0.25) is 0 Å². The van der Waals surface area contributed by atoms with Crippen molar-refractivity contribution in [3.05, 3.63) is 130 Å². The molecule has 0 spiro atoms. The molecule has 1 N–H and O–H groups in total. The Bertz CT molecular complexity index is 1550. The fourth-order valence-corrected chi connectivity index (χ4v) is 5.76. The van der Waals surface area contributed by atoms with Crippen LogP contribution in [0.15, 0.2) is 113 Å². The summed E-state index contributed by atoms with van der Waals surface area (Å²) < 4.78 is 42.7. The minimum atomic E-state index is -5.11. The molecule has 3 aromatic carbocycles. The van der Waals surface area contributed by atoms with Gasteiger partial charge in [-0.2, -0.15) is 8.78 Å². The molecule has 0 amide bonds. The Kier molecular flexibility index (Phi) is 10.3. The molecule has 0 saturated carbocycles. The summed E-state index contributed by atoms with van der Waals surface area (Å²) in [7, 11) is -5.11. The lowest BCUT2D eigenvalue weighted by Gasteiger charge is -2.33. The average molecular weight is 659 g/mol. The number of hydrogen-bond acceptors (Lipinski definition) is 5. The predicted molar refractivity (Wildman–Crippen MR) is 163 cm³/mol. The molecule has 41 heavy (non-hydrogen) atoms. The summed E-state index contributed by atoms with van der Waals surface area (Å²) in [5.41, 5.74) is 1.86. The SMILES string of the molecule is CSc1ccc(C(CC=Cc2ccccc2)(Cc2ccc(OP(=O)(O)C(F)F)cc2)C(=O)c2cncc(Br)c2)cc1. The van der Waals surface area contributed by atoms with Crippen molar-refractivity contribution in [3.8, 4) is 5.75 Å². The molecule has 0 aliphatic heterocycles. The quantitative estimate of drug-likeness (QED) is 0.0932. The number of pyridine rings is 1. The van der Waals surface area contributed by atoms with Crippen molar-refractivity contribution in [2.45, 2.75) is 29.3 Å². The average Bonchev–Trinajstić information content (AvgIpc) is 2.97. The number of carbonyl (C=O) groups is 1. The van der Waals surface area contributed by atoms with Gasteiger partial charge in [-0.05, 0) is 82.0 Å². The van der Waals surface area contributed by atoms with Gasteiger partial charge in [-0.15, -0.1) is 11.8 Å². The van der Waals surface area contributed by atoms with Crippen molar-refractivity contribution < 1.29 is 27.6 Å². The molecular formula is C31H27BrF2NO4PS. The molecule has 0 aliphatic carbocycles. The lowest BCUT2D eigenvalue weighted by atomic mass is 9.68. The van der Waals surface area contributed by atoms with E-state index in [2.05, 4.69) is 25.4 Å². The van der Waals surface area contributed by atoms with Gasteiger partial charge in [0.05, 0.1) is 5.41 Å². The van der Waals surface area contributed by atoms with Gasteiger partial charge in [0.1, 0.15) is 5.75 Å². The van der Waals surface area contributed by atoms with Gasteiger partial charge in [0.2, 0.25) is 0 Å². The van der Waals surface area contributed by atoms with E-state index in [-0.39, 0.29) is 18.0 Å². The number of alkyl halides is 2. The van der Waals surface area contributed by atoms with E-state index in [1.54, 1.807) is 42.4 Å². The van der Waals surface area contributed by atoms with Crippen molar-refractivity contribution in [2.75, 3.05) is 6.26 Å². The Morgan fingerprint density at radius 3 is 2.37 bits per heavy atom. The van der Waals surface area contributed by atoms with E-state index in [1.807, 2.05) is 73.0 Å². The maximum atomic E-state index is 14.5. The molecule has 4 rings (SSSR count). The number of nitrogens with zero attached hydrogens (tertiary/aromatic N) is 1. The van der Waals surface area contributed by atoms with Crippen LogP contribution in [0.3, 0.4) is 0 Å². The fraction of sp³-hybridized carbons (Fsp3) is 0.161. The highest BCUT2D eigenvalue weighted by molar-refractivity contribution is 9.10. The predicted octanol–water partition coefficient (Wildman–Crippen LogP) is 8.82. The van der Waals surface area contributed by atoms with Crippen LogP contribution in [0.5, 0.6) is 5.75 Å². The van der Waals surface area contributed by atoms with Crippen LogP contribution in [-0.2, 0) is 16.4 Å². The van der Waals surface area contributed by atoms with Crippen LogP contribution in [0.25, 0.3) is 6.08 Å². The topological polar surface area (TPSA) is 76.5 Å². The number of thioether (sulfide) groups is 1. The van der Waals surface area contributed by atoms with E-state index in [9.17, 15) is 23.0 Å². The lowest BCUT2D eigenvalue weighted by Crippen LogP contribution is -2.38. The molecule has 2 atom stereocenters. The van der Waals surface area contributed by atoms with Gasteiger partial charge in [-0.25, -0.2) is 4.57 Å². The molecule has 10 heteroatoms.